The van der Waals surface area contributed by atoms with Gasteiger partial charge in [-0.15, -0.1) is 0 Å². The zero-order valence-electron chi connectivity index (χ0n) is 15.3. The van der Waals surface area contributed by atoms with Crippen LogP contribution in [0.4, 0.5) is 0 Å². The van der Waals surface area contributed by atoms with Crippen molar-refractivity contribution in [3.8, 4) is 0 Å². The molecule has 1 saturated carbocycles. The van der Waals surface area contributed by atoms with Crippen molar-refractivity contribution in [1.82, 2.24) is 10.2 Å². The Morgan fingerprint density at radius 3 is 2.65 bits per heavy atom. The maximum Gasteiger partial charge on any atom is 0.338 e. The molecule has 0 radical (unpaired) electrons. The zero-order chi connectivity index (χ0) is 18.0. The molecule has 0 amide bonds. The van der Waals surface area contributed by atoms with E-state index in [4.69, 9.17) is 4.74 Å². The number of esters is 1. The topological polar surface area (TPSA) is 58.6 Å². The van der Waals surface area contributed by atoms with E-state index in [1.807, 2.05) is 18.2 Å². The predicted octanol–water partition coefficient (Wildman–Crippen LogP) is 2.41. The third-order valence-electron chi connectivity index (χ3n) is 6.41. The number of ether oxygens (including phenoxy) is 1. The second kappa shape index (κ2) is 7.49. The van der Waals surface area contributed by atoms with Gasteiger partial charge in [0.15, 0.2) is 0 Å². The van der Waals surface area contributed by atoms with Crippen LogP contribution in [0.5, 0.6) is 0 Å². The third kappa shape index (κ3) is 3.55. The lowest BCUT2D eigenvalue weighted by molar-refractivity contribution is -0.129. The molecule has 4 rings (SSSR count). The maximum atomic E-state index is 12.4. The number of carbonyl (C=O) groups excluding carboxylic acids is 2. The van der Waals surface area contributed by atoms with Crippen LogP contribution in [0.1, 0.15) is 48.9 Å². The fraction of sp³-hybridized carbons (Fsp3) is 0.619. The molecule has 1 aliphatic carbocycles. The van der Waals surface area contributed by atoms with Crippen molar-refractivity contribution in [3.63, 3.8) is 0 Å². The molecule has 1 aromatic rings. The number of hydrogen-bond acceptors (Lipinski definition) is 5. The van der Waals surface area contributed by atoms with Crippen molar-refractivity contribution >= 4 is 11.8 Å². The molecule has 0 unspecified atom stereocenters. The minimum Gasteiger partial charge on any atom is -0.459 e. The molecule has 1 aromatic carbocycles. The Morgan fingerprint density at radius 2 is 1.92 bits per heavy atom. The molecule has 1 spiro atoms. The Kier molecular flexibility index (Phi) is 5.09. The molecule has 2 saturated heterocycles. The molecule has 2 aliphatic heterocycles. The lowest BCUT2D eigenvalue weighted by atomic mass is 9.79. The lowest BCUT2D eigenvalue weighted by Gasteiger charge is -2.37. The van der Waals surface area contributed by atoms with Gasteiger partial charge in [0.25, 0.3) is 0 Å². The van der Waals surface area contributed by atoms with Crippen LogP contribution in [0.3, 0.4) is 0 Å². The number of benzene rings is 1. The van der Waals surface area contributed by atoms with Gasteiger partial charge in [0, 0.05) is 32.1 Å². The van der Waals surface area contributed by atoms with Gasteiger partial charge < -0.3 is 10.1 Å². The monoisotopic (exact) mass is 356 g/mol. The summed E-state index contributed by atoms with van der Waals surface area (Å²) in [6.45, 7) is 3.59. The van der Waals surface area contributed by atoms with Crippen molar-refractivity contribution < 1.29 is 14.3 Å². The maximum absolute atomic E-state index is 12.4. The lowest BCUT2D eigenvalue weighted by Crippen LogP contribution is -2.50. The minimum absolute atomic E-state index is 0.0218. The highest BCUT2D eigenvalue weighted by Crippen LogP contribution is 2.37. The molecule has 140 valence electrons. The van der Waals surface area contributed by atoms with Crippen LogP contribution in [0.25, 0.3) is 0 Å². The second-order valence-corrected chi connectivity index (χ2v) is 8.05. The number of piperidine rings is 1. The van der Waals surface area contributed by atoms with Gasteiger partial charge in [-0.2, -0.15) is 0 Å². The van der Waals surface area contributed by atoms with Crippen LogP contribution in [0.2, 0.25) is 0 Å². The fourth-order valence-corrected chi connectivity index (χ4v) is 4.80. The Morgan fingerprint density at radius 1 is 1.15 bits per heavy atom. The number of Topliss-reactive ketones (excluding diaryl/α,β-unsaturated/α-hetero) is 1. The molecule has 0 bridgehead atoms. The van der Waals surface area contributed by atoms with Crippen LogP contribution in [-0.2, 0) is 9.53 Å². The molecule has 1 atom stereocenters. The van der Waals surface area contributed by atoms with Crippen LogP contribution in [-0.4, -0.2) is 55.0 Å². The Bertz CT molecular complexity index is 654. The Balaban J connectivity index is 1.28. The van der Waals surface area contributed by atoms with Gasteiger partial charge >= 0.3 is 5.97 Å². The summed E-state index contributed by atoms with van der Waals surface area (Å²) in [5.74, 6) is 0.234. The molecule has 0 aromatic heterocycles. The molecule has 1 N–H and O–H groups in total. The highest BCUT2D eigenvalue weighted by atomic mass is 16.5. The molecule has 26 heavy (non-hydrogen) atoms. The van der Waals surface area contributed by atoms with Crippen molar-refractivity contribution in [3.05, 3.63) is 35.9 Å². The largest absolute Gasteiger partial charge is 0.459 e. The van der Waals surface area contributed by atoms with E-state index in [-0.39, 0.29) is 17.5 Å². The molecule has 3 aliphatic rings. The standard InChI is InChI=1S/C21H28N2O3/c24-19-10-12-22-14-21(19)11-13-23(15-21)17-6-8-18(9-7-17)26-20(25)16-4-2-1-3-5-16/h1-5,17-18,22H,6-15H2/t17?,18?,21-/m1/s1. The number of ketones is 1. The highest BCUT2D eigenvalue weighted by Gasteiger charge is 2.47. The van der Waals surface area contributed by atoms with E-state index in [1.54, 1.807) is 12.1 Å². The van der Waals surface area contributed by atoms with Crippen molar-refractivity contribution in [2.45, 2.75) is 50.7 Å². The third-order valence-corrected chi connectivity index (χ3v) is 6.41. The van der Waals surface area contributed by atoms with Gasteiger partial charge in [0.2, 0.25) is 0 Å². The number of likely N-dealkylation sites (tertiary alicyclic amines) is 1. The summed E-state index contributed by atoms with van der Waals surface area (Å²) in [4.78, 5) is 27.2. The number of rotatable bonds is 3. The second-order valence-electron chi connectivity index (χ2n) is 8.05. The van der Waals surface area contributed by atoms with Gasteiger partial charge in [-0.25, -0.2) is 4.79 Å². The van der Waals surface area contributed by atoms with Crippen LogP contribution < -0.4 is 5.32 Å². The summed E-state index contributed by atoms with van der Waals surface area (Å²) in [6.07, 6.45) is 5.61. The van der Waals surface area contributed by atoms with Gasteiger partial charge in [-0.3, -0.25) is 9.69 Å². The first kappa shape index (κ1) is 17.7. The smallest absolute Gasteiger partial charge is 0.338 e. The average Bonchev–Trinajstić information content (AvgIpc) is 3.11. The first-order valence-electron chi connectivity index (χ1n) is 9.90. The van der Waals surface area contributed by atoms with E-state index < -0.39 is 0 Å². The number of nitrogens with zero attached hydrogens (tertiary/aromatic N) is 1. The molecular formula is C21H28N2O3. The van der Waals surface area contributed by atoms with E-state index in [1.165, 1.54) is 0 Å². The first-order chi connectivity index (χ1) is 12.7. The molecule has 5 nitrogen and oxygen atoms in total. The SMILES string of the molecule is O=C(OC1CCC(N2CC[C@@]3(CNCCC3=O)C2)CC1)c1ccccc1. The van der Waals surface area contributed by atoms with Crippen LogP contribution in [0, 0.1) is 5.41 Å². The number of nitrogens with one attached hydrogen (secondary N) is 1. The summed E-state index contributed by atoms with van der Waals surface area (Å²) >= 11 is 0. The number of carbonyl (C=O) groups is 2. The van der Waals surface area contributed by atoms with E-state index >= 15 is 0 Å². The van der Waals surface area contributed by atoms with Crippen LogP contribution in [0.15, 0.2) is 30.3 Å². The molecule has 2 heterocycles. The predicted molar refractivity (Wildman–Crippen MR) is 99.0 cm³/mol. The molecule has 5 heteroatoms. The quantitative estimate of drug-likeness (QED) is 0.843. The van der Waals surface area contributed by atoms with E-state index in [2.05, 4.69) is 10.2 Å². The number of hydrogen-bond donors (Lipinski definition) is 1. The van der Waals surface area contributed by atoms with Crippen LogP contribution >= 0.6 is 0 Å². The van der Waals surface area contributed by atoms with Gasteiger partial charge in [-0.1, -0.05) is 18.2 Å². The summed E-state index contributed by atoms with van der Waals surface area (Å²) in [6, 6.07) is 9.74. The fourth-order valence-electron chi connectivity index (χ4n) is 4.80. The van der Waals surface area contributed by atoms with E-state index in [0.29, 0.717) is 23.8 Å². The van der Waals surface area contributed by atoms with E-state index in [9.17, 15) is 9.59 Å². The summed E-state index contributed by atoms with van der Waals surface area (Å²) in [7, 11) is 0. The van der Waals surface area contributed by atoms with Crippen molar-refractivity contribution in [1.29, 1.82) is 0 Å². The summed E-state index contributed by atoms with van der Waals surface area (Å²) in [5, 5.41) is 3.41. The highest BCUT2D eigenvalue weighted by molar-refractivity contribution is 5.89. The average molecular weight is 356 g/mol. The Labute approximate surface area is 155 Å². The zero-order valence-corrected chi connectivity index (χ0v) is 15.3. The molecule has 3 fully saturated rings. The van der Waals surface area contributed by atoms with Crippen molar-refractivity contribution in [2.24, 2.45) is 5.41 Å². The first-order valence-corrected chi connectivity index (χ1v) is 9.90. The normalized spacial score (nSPS) is 32.7. The van der Waals surface area contributed by atoms with Gasteiger partial charge in [-0.05, 0) is 50.8 Å². The van der Waals surface area contributed by atoms with Gasteiger partial charge in [0.1, 0.15) is 11.9 Å². The summed E-state index contributed by atoms with van der Waals surface area (Å²) < 4.78 is 5.69. The summed E-state index contributed by atoms with van der Waals surface area (Å²) in [5.41, 5.74) is 0.480. The Hall–Kier alpha value is -1.72. The minimum atomic E-state index is -0.215. The van der Waals surface area contributed by atoms with E-state index in [0.717, 1.165) is 58.3 Å². The van der Waals surface area contributed by atoms with Crippen molar-refractivity contribution in [2.75, 3.05) is 26.2 Å². The molecular weight excluding hydrogens is 328 g/mol. The van der Waals surface area contributed by atoms with Gasteiger partial charge in [0.05, 0.1) is 11.0 Å².